The van der Waals surface area contributed by atoms with E-state index in [-0.39, 0.29) is 57.7 Å². The number of hydrogen-bond donors (Lipinski definition) is 12. The minimum atomic E-state index is -2.28. The van der Waals surface area contributed by atoms with Crippen LogP contribution in [0.3, 0.4) is 0 Å². The Kier molecular flexibility index (Phi) is 23.8. The van der Waals surface area contributed by atoms with Crippen molar-refractivity contribution in [3.05, 3.63) is 85.1 Å². The molecule has 0 aromatic carbocycles. The molecule has 1 amide bonds. The van der Waals surface area contributed by atoms with Crippen LogP contribution in [-0.4, -0.2) is 190 Å². The summed E-state index contributed by atoms with van der Waals surface area (Å²) in [4.78, 5) is 27.9. The predicted octanol–water partition coefficient (Wildman–Crippen LogP) is -0.414. The first-order chi connectivity index (χ1) is 32.2. The van der Waals surface area contributed by atoms with Crippen LogP contribution in [0.5, 0.6) is 0 Å². The molecule has 384 valence electrons. The summed E-state index contributed by atoms with van der Waals surface area (Å²) in [6, 6.07) is -1.12. The molecule has 68 heavy (non-hydrogen) atoms. The molecule has 4 rings (SSSR count). The Hall–Kier alpha value is -3.48. The largest absolute Gasteiger partial charge is 0.462 e. The van der Waals surface area contributed by atoms with Gasteiger partial charge in [-0.1, -0.05) is 92.0 Å². The molecule has 19 nitrogen and oxygen atoms in total. The molecule has 4 aliphatic rings. The van der Waals surface area contributed by atoms with Gasteiger partial charge in [-0.15, -0.1) is 0 Å². The van der Waals surface area contributed by atoms with Crippen molar-refractivity contribution in [3.8, 4) is 0 Å². The molecule has 2 bridgehead atoms. The van der Waals surface area contributed by atoms with Crippen LogP contribution in [0.25, 0.3) is 0 Å². The average molecular weight is 965 g/mol. The standard InChI is InChI=1S/C49H76N2O17/c1-30-15-13-11-9-7-5-3-4-6-8-10-12-14-16-36(67-48-46(62)45(50)41(60)29-65-48)25-42-44(47(63)51-20-19-33(53)28-51)40(59)27-49(64,68-42)26-35(55)23-39(58)37(56)18-17-32(52)22-34(54)24-43(61)66-31(2)21-38(30)57/h3-16,30-42,44-46,48,52-60,62,64H,17-29,50H2,1-2H3/b4-3+,7-5+,8-6+,11-9+,12-10+,15-13+,16-14+/t30-,31-,32?,33-,34+,35?,36?,37?,38-,39+,40-,41+,42-,44?,45-,46-,48-,49?/m0/s1. The fraction of sp³-hybridized carbons (Fsp3) is 0.673. The number of amides is 1. The third-order valence-corrected chi connectivity index (χ3v) is 12.5. The molecule has 4 aliphatic heterocycles. The molecule has 13 N–H and O–H groups in total. The van der Waals surface area contributed by atoms with E-state index in [0.717, 1.165) is 0 Å². The molecule has 0 radical (unpaired) electrons. The van der Waals surface area contributed by atoms with Gasteiger partial charge in [-0.05, 0) is 32.6 Å². The lowest BCUT2D eigenvalue weighted by atomic mass is 9.81. The second kappa shape index (κ2) is 28.4. The van der Waals surface area contributed by atoms with Gasteiger partial charge in [0, 0.05) is 51.1 Å². The highest BCUT2D eigenvalue weighted by Crippen LogP contribution is 2.39. The number of cyclic esters (lactones) is 1. The van der Waals surface area contributed by atoms with Crippen LogP contribution in [0.4, 0.5) is 0 Å². The van der Waals surface area contributed by atoms with Crippen LogP contribution in [0, 0.1) is 11.8 Å². The first-order valence-electron chi connectivity index (χ1n) is 23.6. The molecule has 18 atom stereocenters. The van der Waals surface area contributed by atoms with Crippen molar-refractivity contribution < 1.29 is 84.7 Å². The number of allylic oxidation sites excluding steroid dienone is 12. The fourth-order valence-corrected chi connectivity index (χ4v) is 8.64. The normalized spacial score (nSPS) is 44.1. The Labute approximate surface area is 398 Å². The SMILES string of the molecule is C[C@H]1C[C@H](O)[C@@H](C)/C=C/C=C/C=C/C=C/C=C/C=C/C=C/C(O[C@@H]2OC[C@@H](O)[C@H](N)[C@@H]2O)C[C@@H]2OC(O)(CC(O)C[C@@H](O)C(O)CCC(O)C[C@@H](O)CC(=O)O1)C[C@H](O)C2C(=O)N1CC[C@H](O)C1. The lowest BCUT2D eigenvalue weighted by molar-refractivity contribution is -0.305. The summed E-state index contributed by atoms with van der Waals surface area (Å²) >= 11 is 0. The number of rotatable bonds is 3. The van der Waals surface area contributed by atoms with E-state index in [4.69, 9.17) is 24.7 Å². The quantitative estimate of drug-likeness (QED) is 0.160. The second-order valence-electron chi connectivity index (χ2n) is 18.6. The van der Waals surface area contributed by atoms with E-state index >= 15 is 0 Å². The van der Waals surface area contributed by atoms with Gasteiger partial charge in [-0.2, -0.15) is 0 Å². The van der Waals surface area contributed by atoms with Crippen LogP contribution in [0.1, 0.15) is 78.1 Å². The molecule has 0 aliphatic carbocycles. The van der Waals surface area contributed by atoms with E-state index in [9.17, 15) is 65.8 Å². The van der Waals surface area contributed by atoms with Crippen molar-refractivity contribution >= 4 is 11.9 Å². The highest BCUT2D eigenvalue weighted by molar-refractivity contribution is 5.80. The van der Waals surface area contributed by atoms with Crippen molar-refractivity contribution in [2.75, 3.05) is 19.7 Å². The lowest BCUT2D eigenvalue weighted by Gasteiger charge is -2.46. The minimum absolute atomic E-state index is 0.00990. The maximum absolute atomic E-state index is 14.0. The average Bonchev–Trinajstić information content (AvgIpc) is 3.70. The van der Waals surface area contributed by atoms with E-state index in [0.29, 0.717) is 6.42 Å². The van der Waals surface area contributed by atoms with E-state index < -0.39 is 141 Å². The third kappa shape index (κ3) is 19.0. The Morgan fingerprint density at radius 1 is 0.676 bits per heavy atom. The number of nitrogens with two attached hydrogens (primary N) is 1. The van der Waals surface area contributed by atoms with Crippen molar-refractivity contribution in [1.29, 1.82) is 0 Å². The second-order valence-corrected chi connectivity index (χ2v) is 18.6. The van der Waals surface area contributed by atoms with Crippen LogP contribution < -0.4 is 5.73 Å². The summed E-state index contributed by atoms with van der Waals surface area (Å²) in [6.07, 6.45) is 5.17. The van der Waals surface area contributed by atoms with Crippen LogP contribution in [0.2, 0.25) is 0 Å². The van der Waals surface area contributed by atoms with Crippen molar-refractivity contribution in [2.45, 2.75) is 176 Å². The highest BCUT2D eigenvalue weighted by Gasteiger charge is 2.52. The fourth-order valence-electron chi connectivity index (χ4n) is 8.64. The number of esters is 1. The first kappa shape index (κ1) is 57.1. The smallest absolute Gasteiger partial charge is 0.308 e. The van der Waals surface area contributed by atoms with Gasteiger partial charge in [0.05, 0.1) is 92.1 Å². The van der Waals surface area contributed by atoms with Crippen LogP contribution >= 0.6 is 0 Å². The zero-order chi connectivity index (χ0) is 50.0. The van der Waals surface area contributed by atoms with Crippen molar-refractivity contribution in [1.82, 2.24) is 4.90 Å². The Morgan fingerprint density at radius 2 is 1.29 bits per heavy atom. The molecular formula is C49H76N2O17. The van der Waals surface area contributed by atoms with E-state index in [1.165, 1.54) is 4.90 Å². The topological polar surface area (TPSA) is 323 Å². The maximum Gasteiger partial charge on any atom is 0.308 e. The van der Waals surface area contributed by atoms with Gasteiger partial charge in [0.2, 0.25) is 5.91 Å². The summed E-state index contributed by atoms with van der Waals surface area (Å²) in [5.74, 6) is -5.11. The highest BCUT2D eigenvalue weighted by atomic mass is 16.7. The molecule has 19 heteroatoms. The number of fused-ring (bicyclic) bond motifs is 2. The summed E-state index contributed by atoms with van der Waals surface area (Å²) < 4.78 is 23.3. The summed E-state index contributed by atoms with van der Waals surface area (Å²) in [6.45, 7) is 3.42. The summed E-state index contributed by atoms with van der Waals surface area (Å²) in [5, 5.41) is 119. The maximum atomic E-state index is 14.0. The Morgan fingerprint density at radius 3 is 1.91 bits per heavy atom. The molecule has 4 heterocycles. The number of carbonyl (C=O) groups is 2. The van der Waals surface area contributed by atoms with Crippen molar-refractivity contribution in [3.63, 3.8) is 0 Å². The van der Waals surface area contributed by atoms with Gasteiger partial charge < -0.3 is 85.8 Å². The molecule has 0 saturated carbocycles. The molecule has 6 unspecified atom stereocenters. The van der Waals surface area contributed by atoms with Gasteiger partial charge in [0.1, 0.15) is 12.2 Å². The van der Waals surface area contributed by atoms with Gasteiger partial charge in [0.15, 0.2) is 12.1 Å². The molecule has 0 spiro atoms. The number of β-amino-alcohol motifs (C(OH)–C–C–N with tert-alkyl or cyclic N) is 1. The lowest BCUT2D eigenvalue weighted by Crippen LogP contribution is -2.59. The number of likely N-dealkylation sites (tertiary alicyclic amines) is 1. The molecule has 0 aromatic heterocycles. The van der Waals surface area contributed by atoms with Crippen LogP contribution in [0.15, 0.2) is 85.1 Å². The number of ether oxygens (including phenoxy) is 4. The van der Waals surface area contributed by atoms with E-state index in [2.05, 4.69) is 0 Å². The summed E-state index contributed by atoms with van der Waals surface area (Å²) in [5.41, 5.74) is 6.01. The zero-order valence-electron chi connectivity index (χ0n) is 39.0. The van der Waals surface area contributed by atoms with Gasteiger partial charge in [-0.3, -0.25) is 9.59 Å². The summed E-state index contributed by atoms with van der Waals surface area (Å²) in [7, 11) is 0. The number of aliphatic hydroxyl groups is 11. The predicted molar refractivity (Wildman–Crippen MR) is 247 cm³/mol. The van der Waals surface area contributed by atoms with E-state index in [1.54, 1.807) is 61.6 Å². The van der Waals surface area contributed by atoms with Crippen molar-refractivity contribution in [2.24, 2.45) is 17.6 Å². The first-order valence-corrected chi connectivity index (χ1v) is 23.6. The Balaban J connectivity index is 1.58. The van der Waals surface area contributed by atoms with Crippen LogP contribution in [-0.2, 0) is 28.5 Å². The van der Waals surface area contributed by atoms with Gasteiger partial charge in [0.25, 0.3) is 0 Å². The number of aliphatic hydroxyl groups excluding tert-OH is 10. The van der Waals surface area contributed by atoms with Gasteiger partial charge >= 0.3 is 5.97 Å². The number of nitrogens with zero attached hydrogens (tertiary/aromatic N) is 1. The van der Waals surface area contributed by atoms with Gasteiger partial charge in [-0.25, -0.2) is 0 Å². The molecule has 3 fully saturated rings. The molecule has 0 aromatic rings. The molecule has 3 saturated heterocycles. The van der Waals surface area contributed by atoms with E-state index in [1.807, 2.05) is 37.3 Å². The monoisotopic (exact) mass is 965 g/mol. The number of hydrogen-bond acceptors (Lipinski definition) is 18. The third-order valence-electron chi connectivity index (χ3n) is 12.5. The molecular weight excluding hydrogens is 889 g/mol. The zero-order valence-corrected chi connectivity index (χ0v) is 39.0. The number of carbonyl (C=O) groups excluding carboxylic acids is 2. The minimum Gasteiger partial charge on any atom is -0.462 e. The Bertz CT molecular complexity index is 1760.